The Morgan fingerprint density at radius 2 is 1.87 bits per heavy atom. The quantitative estimate of drug-likeness (QED) is 0.475. The van der Waals surface area contributed by atoms with Crippen LogP contribution < -0.4 is 0 Å². The number of ketones is 2. The molecule has 0 radical (unpaired) electrons. The molecule has 1 saturated carbocycles. The first-order valence-electron chi connectivity index (χ1n) is 9.92. The van der Waals surface area contributed by atoms with E-state index >= 15 is 0 Å². The van der Waals surface area contributed by atoms with Crippen molar-refractivity contribution < 1.29 is 19.1 Å². The van der Waals surface area contributed by atoms with E-state index in [9.17, 15) is 14.4 Å². The minimum absolute atomic E-state index is 0.114. The predicted molar refractivity (Wildman–Crippen MR) is 110 cm³/mol. The molecule has 3 aromatic rings. The van der Waals surface area contributed by atoms with Crippen molar-refractivity contribution >= 4 is 17.5 Å². The summed E-state index contributed by atoms with van der Waals surface area (Å²) in [4.78, 5) is 40.1. The molecule has 1 N–H and O–H groups in total. The highest BCUT2D eigenvalue weighted by atomic mass is 16.5. The van der Waals surface area contributed by atoms with Gasteiger partial charge in [-0.3, -0.25) is 9.59 Å². The zero-order chi connectivity index (χ0) is 21.4. The van der Waals surface area contributed by atoms with Crippen molar-refractivity contribution in [2.45, 2.75) is 39.5 Å². The summed E-state index contributed by atoms with van der Waals surface area (Å²) in [5.41, 5.74) is 3.90. The molecule has 2 aromatic heterocycles. The molecular formula is C23H23N3O4. The smallest absolute Gasteiger partial charge is 0.357 e. The number of aromatic nitrogens is 3. The van der Waals surface area contributed by atoms with Crippen molar-refractivity contribution in [3.05, 3.63) is 70.3 Å². The topological polar surface area (TPSA) is 94.0 Å². The van der Waals surface area contributed by atoms with E-state index in [1.54, 1.807) is 24.6 Å². The predicted octanol–water partition coefficient (Wildman–Crippen LogP) is 3.94. The Morgan fingerprint density at radius 3 is 2.47 bits per heavy atom. The molecule has 0 bridgehead atoms. The number of carbonyl (C=O) groups excluding carboxylic acids is 3. The van der Waals surface area contributed by atoms with Crippen LogP contribution in [0.25, 0.3) is 5.69 Å². The van der Waals surface area contributed by atoms with Crippen LogP contribution in [0.4, 0.5) is 0 Å². The zero-order valence-corrected chi connectivity index (χ0v) is 17.2. The Bertz CT molecular complexity index is 1140. The molecule has 154 valence electrons. The van der Waals surface area contributed by atoms with Crippen LogP contribution in [0.3, 0.4) is 0 Å². The van der Waals surface area contributed by atoms with Gasteiger partial charge in [-0.15, -0.1) is 0 Å². The number of H-pyrrole nitrogens is 1. The first-order valence-corrected chi connectivity index (χ1v) is 9.92. The lowest BCUT2D eigenvalue weighted by Gasteiger charge is -2.07. The molecule has 1 aliphatic carbocycles. The lowest BCUT2D eigenvalue weighted by atomic mass is 10.1. The van der Waals surface area contributed by atoms with Gasteiger partial charge in [0.25, 0.3) is 0 Å². The number of aromatic amines is 1. The van der Waals surface area contributed by atoms with Crippen molar-refractivity contribution in [2.75, 3.05) is 6.61 Å². The number of hydrogen-bond donors (Lipinski definition) is 1. The van der Waals surface area contributed by atoms with E-state index in [4.69, 9.17) is 4.74 Å². The number of benzene rings is 1. The summed E-state index contributed by atoms with van der Waals surface area (Å²) in [6.45, 7) is 4.49. The van der Waals surface area contributed by atoms with E-state index in [1.165, 1.54) is 6.92 Å². The van der Waals surface area contributed by atoms with Crippen LogP contribution in [0.5, 0.6) is 0 Å². The molecule has 0 atom stereocenters. The Morgan fingerprint density at radius 1 is 1.17 bits per heavy atom. The monoisotopic (exact) mass is 405 g/mol. The average molecular weight is 405 g/mol. The van der Waals surface area contributed by atoms with E-state index in [1.807, 2.05) is 30.3 Å². The van der Waals surface area contributed by atoms with Crippen molar-refractivity contribution in [1.29, 1.82) is 0 Å². The molecule has 0 spiro atoms. The fourth-order valence-electron chi connectivity index (χ4n) is 3.72. The summed E-state index contributed by atoms with van der Waals surface area (Å²) in [5, 5.41) is 4.58. The fourth-order valence-corrected chi connectivity index (χ4v) is 3.72. The Balaban J connectivity index is 1.54. The van der Waals surface area contributed by atoms with Crippen molar-refractivity contribution in [3.63, 3.8) is 0 Å². The minimum atomic E-state index is -0.612. The van der Waals surface area contributed by atoms with Gasteiger partial charge in [-0.05, 0) is 57.4 Å². The summed E-state index contributed by atoms with van der Waals surface area (Å²) in [6.07, 6.45) is 2.12. The van der Waals surface area contributed by atoms with Gasteiger partial charge in [0.2, 0.25) is 5.78 Å². The number of esters is 1. The van der Waals surface area contributed by atoms with E-state index in [0.29, 0.717) is 34.1 Å². The van der Waals surface area contributed by atoms with Gasteiger partial charge in [-0.25, -0.2) is 9.48 Å². The van der Waals surface area contributed by atoms with Gasteiger partial charge >= 0.3 is 5.97 Å². The third kappa shape index (κ3) is 3.70. The maximum absolute atomic E-state index is 12.8. The lowest BCUT2D eigenvalue weighted by Crippen LogP contribution is -2.18. The first-order chi connectivity index (χ1) is 14.4. The third-order valence-corrected chi connectivity index (χ3v) is 5.34. The molecule has 1 aromatic carbocycles. The second kappa shape index (κ2) is 7.74. The highest BCUT2D eigenvalue weighted by molar-refractivity contribution is 6.04. The van der Waals surface area contributed by atoms with E-state index in [2.05, 4.69) is 10.1 Å². The van der Waals surface area contributed by atoms with E-state index < -0.39 is 12.6 Å². The van der Waals surface area contributed by atoms with Crippen molar-refractivity contribution in [1.82, 2.24) is 14.8 Å². The Hall–Kier alpha value is -3.48. The molecule has 7 heteroatoms. The highest BCUT2D eigenvalue weighted by Crippen LogP contribution is 2.39. The molecule has 4 rings (SSSR count). The van der Waals surface area contributed by atoms with E-state index in [0.717, 1.165) is 24.2 Å². The Kier molecular flexibility index (Phi) is 5.11. The Labute approximate surface area is 174 Å². The molecule has 2 heterocycles. The van der Waals surface area contributed by atoms with Gasteiger partial charge in [0.1, 0.15) is 0 Å². The number of ether oxygens (including phenoxy) is 1. The number of Topliss-reactive ketones (excluding diaryl/α,β-unsaturated/α-hetero) is 2. The van der Waals surface area contributed by atoms with Gasteiger partial charge in [-0.1, -0.05) is 18.2 Å². The van der Waals surface area contributed by atoms with Crippen molar-refractivity contribution in [2.24, 2.45) is 0 Å². The molecule has 0 amide bonds. The second-order valence-corrected chi connectivity index (χ2v) is 7.66. The molecule has 1 aliphatic rings. The second-order valence-electron chi connectivity index (χ2n) is 7.66. The molecule has 1 fully saturated rings. The van der Waals surface area contributed by atoms with Gasteiger partial charge in [0, 0.05) is 17.2 Å². The minimum Gasteiger partial charge on any atom is -0.452 e. The normalized spacial score (nSPS) is 13.3. The molecular weight excluding hydrogens is 382 g/mol. The molecule has 7 nitrogen and oxygen atoms in total. The molecule has 30 heavy (non-hydrogen) atoms. The van der Waals surface area contributed by atoms with Crippen LogP contribution in [-0.4, -0.2) is 38.9 Å². The fraction of sp³-hybridized carbons (Fsp3) is 0.304. The average Bonchev–Trinajstić information content (AvgIpc) is 3.40. The number of nitrogens with one attached hydrogen (secondary N) is 1. The van der Waals surface area contributed by atoms with Crippen LogP contribution in [-0.2, 0) is 4.74 Å². The first kappa shape index (κ1) is 19.8. The number of carbonyl (C=O) groups is 3. The van der Waals surface area contributed by atoms with Crippen LogP contribution in [0.15, 0.2) is 36.4 Å². The standard InChI is InChI=1S/C23H23N3O4/c1-13-21(15(3)27)14(2)24-22(13)20(28)12-30-23(29)19-11-18(16-9-10-16)25-26(19)17-7-5-4-6-8-17/h4-8,11,16,24H,9-10,12H2,1-3H3. The maximum atomic E-state index is 12.8. The van der Waals surface area contributed by atoms with Crippen LogP contribution in [0.1, 0.15) is 74.0 Å². The van der Waals surface area contributed by atoms with Crippen LogP contribution >= 0.6 is 0 Å². The molecule has 0 unspecified atom stereocenters. The number of hydrogen-bond acceptors (Lipinski definition) is 5. The van der Waals surface area contributed by atoms with Crippen molar-refractivity contribution in [3.8, 4) is 5.69 Å². The third-order valence-electron chi connectivity index (χ3n) is 5.34. The van der Waals surface area contributed by atoms with Gasteiger partial charge in [0.05, 0.1) is 17.1 Å². The summed E-state index contributed by atoms with van der Waals surface area (Å²) in [6, 6.07) is 11.1. The SMILES string of the molecule is CC(=O)c1c(C)[nH]c(C(=O)COC(=O)c2cc(C3CC3)nn2-c2ccccc2)c1C. The number of rotatable bonds is 7. The number of aryl methyl sites for hydroxylation is 1. The summed E-state index contributed by atoms with van der Waals surface area (Å²) in [5.74, 6) is -0.738. The molecule has 0 saturated heterocycles. The lowest BCUT2D eigenvalue weighted by molar-refractivity contribution is 0.0464. The summed E-state index contributed by atoms with van der Waals surface area (Å²) >= 11 is 0. The largest absolute Gasteiger partial charge is 0.452 e. The number of para-hydroxylation sites is 1. The molecule has 0 aliphatic heterocycles. The van der Waals surface area contributed by atoms with Gasteiger partial charge in [-0.2, -0.15) is 5.10 Å². The zero-order valence-electron chi connectivity index (χ0n) is 17.2. The summed E-state index contributed by atoms with van der Waals surface area (Å²) < 4.78 is 6.90. The van der Waals surface area contributed by atoms with E-state index in [-0.39, 0.29) is 11.6 Å². The maximum Gasteiger partial charge on any atom is 0.357 e. The van der Waals surface area contributed by atoms with Crippen LogP contribution in [0, 0.1) is 13.8 Å². The highest BCUT2D eigenvalue weighted by Gasteiger charge is 2.30. The number of nitrogens with zero attached hydrogens (tertiary/aromatic N) is 2. The van der Waals surface area contributed by atoms with Gasteiger partial charge in [0.15, 0.2) is 18.1 Å². The summed E-state index contributed by atoms with van der Waals surface area (Å²) in [7, 11) is 0. The van der Waals surface area contributed by atoms with Gasteiger partial charge < -0.3 is 9.72 Å². The van der Waals surface area contributed by atoms with Crippen LogP contribution in [0.2, 0.25) is 0 Å².